The first kappa shape index (κ1) is 21.4. The van der Waals surface area contributed by atoms with Crippen LogP contribution in [0, 0.1) is 5.92 Å². The molecule has 7 heteroatoms. The maximum absolute atomic E-state index is 12.7. The number of hydrogen-bond acceptors (Lipinski definition) is 6. The highest BCUT2D eigenvalue weighted by atomic mass is 16.5. The Morgan fingerprint density at radius 3 is 2.23 bits per heavy atom. The molecule has 0 saturated carbocycles. The number of aromatic nitrogens is 2. The smallest absolute Gasteiger partial charge is 0.227 e. The zero-order valence-electron chi connectivity index (χ0n) is 18.4. The number of carbonyl (C=O) groups is 1. The maximum Gasteiger partial charge on any atom is 0.227 e. The topological polar surface area (TPSA) is 70.6 Å². The van der Waals surface area contributed by atoms with E-state index in [-0.39, 0.29) is 11.8 Å². The molecule has 0 bridgehead atoms. The maximum atomic E-state index is 12.7. The molecule has 2 aromatic rings. The first-order valence-corrected chi connectivity index (χ1v) is 11.6. The van der Waals surface area contributed by atoms with Crippen molar-refractivity contribution in [3.8, 4) is 5.75 Å². The van der Waals surface area contributed by atoms with E-state index in [1.54, 1.807) is 0 Å². The van der Waals surface area contributed by atoms with Crippen LogP contribution in [0.2, 0.25) is 0 Å². The second-order valence-electron chi connectivity index (χ2n) is 8.35. The molecule has 2 fully saturated rings. The summed E-state index contributed by atoms with van der Waals surface area (Å²) in [4.78, 5) is 26.5. The predicted octanol–water partition coefficient (Wildman–Crippen LogP) is 4.11. The van der Waals surface area contributed by atoms with Gasteiger partial charge in [-0.3, -0.25) is 4.79 Å². The number of piperidine rings is 1. The van der Waals surface area contributed by atoms with E-state index in [1.807, 2.05) is 43.6 Å². The molecule has 2 aliphatic heterocycles. The van der Waals surface area contributed by atoms with Crippen LogP contribution in [-0.4, -0.2) is 48.7 Å². The molecule has 0 radical (unpaired) electrons. The summed E-state index contributed by atoms with van der Waals surface area (Å²) < 4.78 is 5.45. The average Bonchev–Trinajstić information content (AvgIpc) is 3.10. The molecule has 1 amide bonds. The fraction of sp³-hybridized carbons (Fsp3) is 0.542. The van der Waals surface area contributed by atoms with E-state index in [2.05, 4.69) is 25.1 Å². The van der Waals surface area contributed by atoms with Crippen LogP contribution in [-0.2, 0) is 4.79 Å². The Morgan fingerprint density at radius 2 is 1.61 bits per heavy atom. The second-order valence-corrected chi connectivity index (χ2v) is 8.35. The lowest BCUT2D eigenvalue weighted by Crippen LogP contribution is -2.38. The Morgan fingerprint density at radius 1 is 0.968 bits per heavy atom. The lowest BCUT2D eigenvalue weighted by Gasteiger charge is -2.32. The van der Waals surface area contributed by atoms with E-state index in [0.717, 1.165) is 62.1 Å². The van der Waals surface area contributed by atoms with Crippen molar-refractivity contribution in [1.82, 2.24) is 9.97 Å². The minimum atomic E-state index is 0.0279. The summed E-state index contributed by atoms with van der Waals surface area (Å²) in [5.41, 5.74) is 1.86. The van der Waals surface area contributed by atoms with E-state index in [4.69, 9.17) is 4.74 Å². The van der Waals surface area contributed by atoms with Crippen LogP contribution in [0.3, 0.4) is 0 Å². The number of hydrogen-bond donors (Lipinski definition) is 1. The Labute approximate surface area is 184 Å². The Balaban J connectivity index is 1.27. The van der Waals surface area contributed by atoms with Crippen molar-refractivity contribution >= 4 is 23.2 Å². The zero-order chi connectivity index (χ0) is 21.5. The van der Waals surface area contributed by atoms with Gasteiger partial charge >= 0.3 is 0 Å². The number of benzene rings is 1. The van der Waals surface area contributed by atoms with Crippen LogP contribution in [0.4, 0.5) is 17.3 Å². The van der Waals surface area contributed by atoms with Crippen molar-refractivity contribution in [2.75, 3.05) is 47.9 Å². The third-order valence-corrected chi connectivity index (χ3v) is 6.18. The van der Waals surface area contributed by atoms with Gasteiger partial charge in [-0.05, 0) is 56.9 Å². The van der Waals surface area contributed by atoms with Crippen molar-refractivity contribution in [3.63, 3.8) is 0 Å². The highest BCUT2D eigenvalue weighted by molar-refractivity contribution is 5.92. The van der Waals surface area contributed by atoms with Gasteiger partial charge in [-0.15, -0.1) is 0 Å². The number of nitrogens with one attached hydrogen (secondary N) is 1. The van der Waals surface area contributed by atoms with Crippen LogP contribution in [0.5, 0.6) is 5.75 Å². The van der Waals surface area contributed by atoms with Crippen LogP contribution in [0.15, 0.2) is 36.7 Å². The minimum Gasteiger partial charge on any atom is -0.494 e. The van der Waals surface area contributed by atoms with Crippen molar-refractivity contribution in [2.24, 2.45) is 5.92 Å². The zero-order valence-corrected chi connectivity index (χ0v) is 18.4. The highest BCUT2D eigenvalue weighted by Gasteiger charge is 2.25. The highest BCUT2D eigenvalue weighted by Crippen LogP contribution is 2.25. The molecule has 166 valence electrons. The lowest BCUT2D eigenvalue weighted by atomic mass is 9.95. The summed E-state index contributed by atoms with van der Waals surface area (Å²) >= 11 is 0. The average molecular weight is 424 g/mol. The molecule has 4 rings (SSSR count). The van der Waals surface area contributed by atoms with Gasteiger partial charge in [-0.25, -0.2) is 9.97 Å². The number of rotatable bonds is 6. The van der Waals surface area contributed by atoms with E-state index < -0.39 is 0 Å². The lowest BCUT2D eigenvalue weighted by molar-refractivity contribution is -0.120. The molecule has 2 aliphatic rings. The largest absolute Gasteiger partial charge is 0.494 e. The van der Waals surface area contributed by atoms with Gasteiger partial charge < -0.3 is 19.9 Å². The quantitative estimate of drug-likeness (QED) is 0.754. The standard InChI is InChI=1S/C24H33N5O2/c1-2-31-22-9-7-20(8-10-22)27-23(30)19-11-15-28(16-12-19)21-17-25-24(26-18-21)29-13-5-3-4-6-14-29/h7-10,17-19H,2-6,11-16H2,1H3,(H,27,30). The summed E-state index contributed by atoms with van der Waals surface area (Å²) in [7, 11) is 0. The van der Waals surface area contributed by atoms with Crippen LogP contribution in [0.25, 0.3) is 0 Å². The molecule has 2 saturated heterocycles. The molecule has 7 nitrogen and oxygen atoms in total. The van der Waals surface area contributed by atoms with Gasteiger partial charge in [0.2, 0.25) is 11.9 Å². The number of carbonyl (C=O) groups excluding carboxylic acids is 1. The van der Waals surface area contributed by atoms with Gasteiger partial charge in [0, 0.05) is 37.8 Å². The van der Waals surface area contributed by atoms with E-state index >= 15 is 0 Å². The van der Waals surface area contributed by atoms with Crippen molar-refractivity contribution < 1.29 is 9.53 Å². The summed E-state index contributed by atoms with van der Waals surface area (Å²) in [6, 6.07) is 7.55. The summed E-state index contributed by atoms with van der Waals surface area (Å²) in [5, 5.41) is 3.04. The fourth-order valence-corrected chi connectivity index (χ4v) is 4.36. The number of anilines is 3. The molecular formula is C24H33N5O2. The van der Waals surface area contributed by atoms with E-state index in [0.29, 0.717) is 6.61 Å². The van der Waals surface area contributed by atoms with Crippen LogP contribution < -0.4 is 19.9 Å². The van der Waals surface area contributed by atoms with Crippen molar-refractivity contribution in [2.45, 2.75) is 45.4 Å². The van der Waals surface area contributed by atoms with E-state index in [9.17, 15) is 4.79 Å². The number of ether oxygens (including phenoxy) is 1. The first-order chi connectivity index (χ1) is 15.2. The second kappa shape index (κ2) is 10.5. The molecule has 31 heavy (non-hydrogen) atoms. The molecule has 0 aliphatic carbocycles. The van der Waals surface area contributed by atoms with Gasteiger partial charge in [-0.1, -0.05) is 12.8 Å². The van der Waals surface area contributed by atoms with Gasteiger partial charge in [-0.2, -0.15) is 0 Å². The molecule has 0 spiro atoms. The fourth-order valence-electron chi connectivity index (χ4n) is 4.36. The summed E-state index contributed by atoms with van der Waals surface area (Å²) in [6.07, 6.45) is 10.6. The molecule has 0 atom stereocenters. The monoisotopic (exact) mass is 423 g/mol. The predicted molar refractivity (Wildman–Crippen MR) is 124 cm³/mol. The Hall–Kier alpha value is -2.83. The van der Waals surface area contributed by atoms with Gasteiger partial charge in [0.1, 0.15) is 5.75 Å². The minimum absolute atomic E-state index is 0.0279. The van der Waals surface area contributed by atoms with Crippen molar-refractivity contribution in [3.05, 3.63) is 36.7 Å². The van der Waals surface area contributed by atoms with Crippen LogP contribution >= 0.6 is 0 Å². The van der Waals surface area contributed by atoms with Gasteiger partial charge in [0.15, 0.2) is 0 Å². The van der Waals surface area contributed by atoms with E-state index in [1.165, 1.54) is 25.7 Å². The first-order valence-electron chi connectivity index (χ1n) is 11.6. The Bertz CT molecular complexity index is 824. The Kier molecular flexibility index (Phi) is 7.22. The van der Waals surface area contributed by atoms with Gasteiger partial charge in [0.05, 0.1) is 24.7 Å². The number of nitrogens with zero attached hydrogens (tertiary/aromatic N) is 4. The molecule has 3 heterocycles. The SMILES string of the molecule is CCOc1ccc(NC(=O)C2CCN(c3cnc(N4CCCCCC4)nc3)CC2)cc1. The molecule has 1 aromatic carbocycles. The third-order valence-electron chi connectivity index (χ3n) is 6.18. The number of amides is 1. The van der Waals surface area contributed by atoms with Crippen molar-refractivity contribution in [1.29, 1.82) is 0 Å². The molecule has 1 N–H and O–H groups in total. The third kappa shape index (κ3) is 5.66. The molecular weight excluding hydrogens is 390 g/mol. The summed E-state index contributed by atoms with van der Waals surface area (Å²) in [6.45, 7) is 6.37. The normalized spacial score (nSPS) is 17.8. The summed E-state index contributed by atoms with van der Waals surface area (Å²) in [5.74, 6) is 1.78. The van der Waals surface area contributed by atoms with Gasteiger partial charge in [0.25, 0.3) is 0 Å². The van der Waals surface area contributed by atoms with Crippen LogP contribution in [0.1, 0.15) is 45.4 Å². The molecule has 0 unspecified atom stereocenters. The molecule has 1 aromatic heterocycles.